The summed E-state index contributed by atoms with van der Waals surface area (Å²) < 4.78 is 1.75. The van der Waals surface area contributed by atoms with Crippen molar-refractivity contribution in [1.82, 2.24) is 0 Å². The van der Waals surface area contributed by atoms with Crippen molar-refractivity contribution in [3.8, 4) is 0 Å². The van der Waals surface area contributed by atoms with Gasteiger partial charge in [-0.15, -0.1) is 0 Å². The molecule has 1 aromatic heterocycles. The average molecular weight is 442 g/mol. The third-order valence-electron chi connectivity index (χ3n) is 4.99. The van der Waals surface area contributed by atoms with Gasteiger partial charge >= 0.3 is 0 Å². The van der Waals surface area contributed by atoms with Crippen LogP contribution in [0.1, 0.15) is 11.1 Å². The summed E-state index contributed by atoms with van der Waals surface area (Å²) >= 11 is 5.69. The fraction of sp³-hybridized carbons (Fsp3) is 0.0400. The number of non-ortho nitro benzene ring substituents is 1. The molecule has 7 heteroatoms. The van der Waals surface area contributed by atoms with Gasteiger partial charge in [-0.1, -0.05) is 36.5 Å². The number of thiocarbonyl (C=S) groups is 1. The fourth-order valence-corrected chi connectivity index (χ4v) is 3.77. The van der Waals surface area contributed by atoms with Crippen molar-refractivity contribution < 1.29 is 14.6 Å². The second-order valence-electron chi connectivity index (χ2n) is 7.24. The molecule has 0 saturated heterocycles. The monoisotopic (exact) mass is 441 g/mol. The Morgan fingerprint density at radius 3 is 2.41 bits per heavy atom. The molecular weight excluding hydrogens is 422 g/mol. The Labute approximate surface area is 190 Å². The molecule has 0 fully saturated rings. The predicted octanol–water partition coefficient (Wildman–Crippen LogP) is 4.47. The number of aromatic nitrogens is 1. The first-order chi connectivity index (χ1) is 15.4. The first-order valence-corrected chi connectivity index (χ1v) is 10.3. The van der Waals surface area contributed by atoms with Gasteiger partial charge in [0.1, 0.15) is 0 Å². The normalized spacial score (nSPS) is 11.7. The highest BCUT2D eigenvalue weighted by atomic mass is 32.1. The van der Waals surface area contributed by atoms with Gasteiger partial charge in [0, 0.05) is 35.3 Å². The standard InChI is InChI=1S/C25H19N3O3S/c1-17-6-4-9-20(16-17)26-25(32)23(24(29)19-11-13-21(14-12-19)28(30)31)27-15-5-8-18-7-2-3-10-22(18)27/h2-16H,1H3,(H-,26,29,32). The highest BCUT2D eigenvalue weighted by Crippen LogP contribution is 2.22. The number of aryl methyl sites for hydroxylation is 1. The summed E-state index contributed by atoms with van der Waals surface area (Å²) in [6, 6.07) is 24.7. The van der Waals surface area contributed by atoms with Crippen LogP contribution in [0.15, 0.2) is 91.1 Å². The van der Waals surface area contributed by atoms with Crippen LogP contribution < -0.4 is 15.0 Å². The number of hydrogen-bond donors (Lipinski definition) is 1. The molecule has 0 aliphatic heterocycles. The summed E-state index contributed by atoms with van der Waals surface area (Å²) in [7, 11) is 0. The lowest BCUT2D eigenvalue weighted by molar-refractivity contribution is -0.549. The quantitative estimate of drug-likeness (QED) is 0.123. The minimum Gasteiger partial charge on any atom is -0.867 e. The first kappa shape index (κ1) is 21.1. The van der Waals surface area contributed by atoms with E-state index in [4.69, 9.17) is 12.2 Å². The maximum atomic E-state index is 13.6. The Morgan fingerprint density at radius 2 is 1.69 bits per heavy atom. The molecule has 158 valence electrons. The summed E-state index contributed by atoms with van der Waals surface area (Å²) in [5, 5.41) is 28.7. The molecule has 0 saturated carbocycles. The van der Waals surface area contributed by atoms with Crippen LogP contribution in [-0.4, -0.2) is 9.91 Å². The largest absolute Gasteiger partial charge is 0.867 e. The number of nitrogens with one attached hydrogen (secondary N) is 1. The van der Waals surface area contributed by atoms with E-state index >= 15 is 0 Å². The number of nitro groups is 1. The molecule has 3 aromatic carbocycles. The fourth-order valence-electron chi connectivity index (χ4n) is 3.46. The van der Waals surface area contributed by atoms with Crippen LogP contribution in [0.25, 0.3) is 22.4 Å². The number of fused-ring (bicyclic) bond motifs is 1. The second kappa shape index (κ2) is 8.95. The van der Waals surface area contributed by atoms with Crippen LogP contribution in [0.3, 0.4) is 0 Å². The third-order valence-corrected chi connectivity index (χ3v) is 5.29. The zero-order chi connectivity index (χ0) is 22.7. The van der Waals surface area contributed by atoms with E-state index in [-0.39, 0.29) is 22.1 Å². The minimum atomic E-state index is -0.498. The molecule has 0 aliphatic rings. The number of nitro benzene ring substituents is 1. The van der Waals surface area contributed by atoms with Gasteiger partial charge in [-0.2, -0.15) is 4.57 Å². The van der Waals surface area contributed by atoms with E-state index in [1.54, 1.807) is 10.8 Å². The molecule has 1 heterocycles. The topological polar surface area (TPSA) is 82.1 Å². The Hall–Kier alpha value is -4.10. The molecule has 0 atom stereocenters. The SMILES string of the molecule is Cc1cccc(NC(=S)/C(=C(\[O-])c2ccc([N+](=O)[O-])cc2)[n+]2cccc3ccccc32)c1. The van der Waals surface area contributed by atoms with Crippen molar-refractivity contribution in [3.63, 3.8) is 0 Å². The summed E-state index contributed by atoms with van der Waals surface area (Å²) in [5.41, 5.74) is 3.12. The Kier molecular flexibility index (Phi) is 5.91. The summed E-state index contributed by atoms with van der Waals surface area (Å²) in [6.07, 6.45) is 1.78. The van der Waals surface area contributed by atoms with Crippen molar-refractivity contribution in [3.05, 3.63) is 112 Å². The van der Waals surface area contributed by atoms with Gasteiger partial charge in [-0.3, -0.25) is 10.1 Å². The van der Waals surface area contributed by atoms with Crippen LogP contribution in [-0.2, 0) is 0 Å². The van der Waals surface area contributed by atoms with E-state index in [9.17, 15) is 15.2 Å². The number of hydrogen-bond acceptors (Lipinski definition) is 4. The van der Waals surface area contributed by atoms with E-state index in [1.165, 1.54) is 24.3 Å². The lowest BCUT2D eigenvalue weighted by atomic mass is 10.1. The number of para-hydroxylation sites is 1. The van der Waals surface area contributed by atoms with E-state index in [0.29, 0.717) is 5.56 Å². The molecule has 0 bridgehead atoms. The molecule has 0 radical (unpaired) electrons. The smallest absolute Gasteiger partial charge is 0.269 e. The second-order valence-corrected chi connectivity index (χ2v) is 7.65. The van der Waals surface area contributed by atoms with Crippen molar-refractivity contribution in [2.45, 2.75) is 6.92 Å². The molecule has 0 amide bonds. The highest BCUT2D eigenvalue weighted by molar-refractivity contribution is 7.81. The lowest BCUT2D eigenvalue weighted by Crippen LogP contribution is -2.40. The van der Waals surface area contributed by atoms with Gasteiger partial charge in [0.05, 0.1) is 4.92 Å². The van der Waals surface area contributed by atoms with Gasteiger partial charge in [0.15, 0.2) is 11.2 Å². The number of anilines is 1. The molecule has 32 heavy (non-hydrogen) atoms. The van der Waals surface area contributed by atoms with Gasteiger partial charge in [-0.05, 0) is 60.2 Å². The molecule has 4 rings (SSSR count). The van der Waals surface area contributed by atoms with Crippen molar-refractivity contribution in [2.75, 3.05) is 5.32 Å². The van der Waals surface area contributed by atoms with Gasteiger partial charge < -0.3 is 10.4 Å². The zero-order valence-electron chi connectivity index (χ0n) is 17.2. The van der Waals surface area contributed by atoms with Crippen LogP contribution in [0.5, 0.6) is 0 Å². The maximum Gasteiger partial charge on any atom is 0.269 e. The van der Waals surface area contributed by atoms with Crippen molar-refractivity contribution in [2.24, 2.45) is 0 Å². The first-order valence-electron chi connectivity index (χ1n) is 9.88. The maximum absolute atomic E-state index is 13.6. The molecular formula is C25H19N3O3S. The Balaban J connectivity index is 1.88. The lowest BCUT2D eigenvalue weighted by Gasteiger charge is -2.18. The summed E-state index contributed by atoms with van der Waals surface area (Å²) in [5.74, 6) is -0.341. The molecule has 0 spiro atoms. The van der Waals surface area contributed by atoms with Gasteiger partial charge in [-0.25, -0.2) is 0 Å². The van der Waals surface area contributed by atoms with Crippen molar-refractivity contribution in [1.29, 1.82) is 0 Å². The minimum absolute atomic E-state index is 0.0821. The summed E-state index contributed by atoms with van der Waals surface area (Å²) in [4.78, 5) is 10.8. The number of nitrogens with zero attached hydrogens (tertiary/aromatic N) is 2. The Bertz CT molecular complexity index is 1360. The van der Waals surface area contributed by atoms with E-state index in [2.05, 4.69) is 5.32 Å². The van der Waals surface area contributed by atoms with Crippen LogP contribution in [0.2, 0.25) is 0 Å². The summed E-state index contributed by atoms with van der Waals surface area (Å²) in [6.45, 7) is 1.97. The average Bonchev–Trinajstić information content (AvgIpc) is 2.79. The predicted molar refractivity (Wildman–Crippen MR) is 128 cm³/mol. The van der Waals surface area contributed by atoms with Crippen LogP contribution >= 0.6 is 12.2 Å². The molecule has 4 aromatic rings. The molecule has 1 N–H and O–H groups in total. The Morgan fingerprint density at radius 1 is 0.969 bits per heavy atom. The van der Waals surface area contributed by atoms with Gasteiger partial charge in [0.2, 0.25) is 11.2 Å². The van der Waals surface area contributed by atoms with Gasteiger partial charge in [0.25, 0.3) is 5.69 Å². The zero-order valence-corrected chi connectivity index (χ0v) is 18.0. The highest BCUT2D eigenvalue weighted by Gasteiger charge is 2.22. The van der Waals surface area contributed by atoms with E-state index in [1.807, 2.05) is 67.6 Å². The molecule has 0 aliphatic carbocycles. The van der Waals surface area contributed by atoms with Crippen molar-refractivity contribution >= 4 is 50.9 Å². The molecule has 0 unspecified atom stereocenters. The van der Waals surface area contributed by atoms with E-state index < -0.39 is 4.92 Å². The van der Waals surface area contributed by atoms with E-state index in [0.717, 1.165) is 22.2 Å². The molecule has 6 nitrogen and oxygen atoms in total. The number of rotatable bonds is 5. The number of benzene rings is 3. The van der Waals surface area contributed by atoms with Crippen LogP contribution in [0.4, 0.5) is 11.4 Å². The number of pyridine rings is 1. The third kappa shape index (κ3) is 4.33. The van der Waals surface area contributed by atoms with Crippen LogP contribution in [0, 0.1) is 17.0 Å².